The summed E-state index contributed by atoms with van der Waals surface area (Å²) in [7, 11) is 0. The summed E-state index contributed by atoms with van der Waals surface area (Å²) in [5.41, 5.74) is 15.4. The number of rotatable bonds is 9. The van der Waals surface area contributed by atoms with Gasteiger partial charge in [-0.05, 0) is 84.9 Å². The molecule has 0 saturated carbocycles. The predicted octanol–water partition coefficient (Wildman–Crippen LogP) is 11.6. The lowest BCUT2D eigenvalue weighted by molar-refractivity contribution is 0.665. The number of benzene rings is 2. The average Bonchev–Trinajstić information content (AvgIpc) is 3.92. The van der Waals surface area contributed by atoms with Gasteiger partial charge in [0.15, 0.2) is 0 Å². The molecular weight excluding hydrogens is 560 g/mol. The Balaban J connectivity index is 1.62. The van der Waals surface area contributed by atoms with E-state index >= 15 is 0 Å². The molecule has 4 nitrogen and oxygen atoms in total. The van der Waals surface area contributed by atoms with E-state index in [-0.39, 0.29) is 0 Å². The number of aromatic nitrogens is 4. The summed E-state index contributed by atoms with van der Waals surface area (Å²) < 4.78 is 0. The maximum absolute atomic E-state index is 5.35. The molecule has 5 aromatic rings. The van der Waals surface area contributed by atoms with Crippen molar-refractivity contribution in [1.82, 2.24) is 19.9 Å². The van der Waals surface area contributed by atoms with Crippen molar-refractivity contribution in [1.29, 1.82) is 0 Å². The predicted molar refractivity (Wildman–Crippen MR) is 196 cm³/mol. The molecule has 1 atom stereocenters. The van der Waals surface area contributed by atoms with Crippen LogP contribution in [0.2, 0.25) is 0 Å². The second-order valence-corrected chi connectivity index (χ2v) is 12.5. The molecule has 230 valence electrons. The van der Waals surface area contributed by atoms with Gasteiger partial charge in [-0.1, -0.05) is 101 Å². The highest BCUT2D eigenvalue weighted by atomic mass is 14.8. The highest BCUT2D eigenvalue weighted by Crippen LogP contribution is 2.36. The van der Waals surface area contributed by atoms with Crippen LogP contribution in [0.15, 0.2) is 84.9 Å². The van der Waals surface area contributed by atoms with E-state index in [1.165, 1.54) is 30.4 Å². The quantitative estimate of drug-likeness (QED) is 0.161. The van der Waals surface area contributed by atoms with Gasteiger partial charge < -0.3 is 9.97 Å². The van der Waals surface area contributed by atoms with Gasteiger partial charge in [0.25, 0.3) is 0 Å². The SMILES string of the molecule is CCCCCCc1c2nc(c(-c3ccccc3)c3ccc([nH]3)c(C(C)CC)c3ccc([nH]3)c(-c3ccccc3)c3nc1C=C3)C=C2. The molecule has 4 heteroatoms. The van der Waals surface area contributed by atoms with Crippen molar-refractivity contribution in [3.05, 3.63) is 119 Å². The van der Waals surface area contributed by atoms with Crippen LogP contribution in [0.3, 0.4) is 0 Å². The summed E-state index contributed by atoms with van der Waals surface area (Å²) >= 11 is 0. The molecule has 0 aliphatic carbocycles. The third kappa shape index (κ3) is 5.76. The maximum Gasteiger partial charge on any atom is 0.0737 e. The minimum absolute atomic E-state index is 0.342. The lowest BCUT2D eigenvalue weighted by atomic mass is 9.98. The molecule has 2 aliphatic rings. The largest absolute Gasteiger partial charge is 0.355 e. The van der Waals surface area contributed by atoms with Crippen LogP contribution in [0, 0.1) is 0 Å². The first-order valence-electron chi connectivity index (χ1n) is 16.9. The van der Waals surface area contributed by atoms with Crippen LogP contribution in [0.25, 0.3) is 68.6 Å². The minimum Gasteiger partial charge on any atom is -0.355 e. The second kappa shape index (κ2) is 13.2. The van der Waals surface area contributed by atoms with E-state index in [4.69, 9.17) is 9.97 Å². The Morgan fingerprint density at radius 2 is 1.02 bits per heavy atom. The maximum atomic E-state index is 5.35. The molecule has 0 spiro atoms. The summed E-state index contributed by atoms with van der Waals surface area (Å²) in [6.07, 6.45) is 15.5. The van der Waals surface area contributed by atoms with E-state index in [2.05, 4.69) is 140 Å². The van der Waals surface area contributed by atoms with Gasteiger partial charge in [-0.25, -0.2) is 9.97 Å². The second-order valence-electron chi connectivity index (χ2n) is 12.5. The number of aromatic amines is 2. The van der Waals surface area contributed by atoms with Crippen LogP contribution in [-0.4, -0.2) is 19.9 Å². The highest BCUT2D eigenvalue weighted by Gasteiger charge is 2.18. The van der Waals surface area contributed by atoms with Gasteiger partial charge in [-0.2, -0.15) is 0 Å². The third-order valence-corrected chi connectivity index (χ3v) is 9.41. The Hall–Kier alpha value is -4.96. The molecule has 5 heterocycles. The molecule has 0 radical (unpaired) electrons. The first kappa shape index (κ1) is 29.7. The summed E-state index contributed by atoms with van der Waals surface area (Å²) in [5.74, 6) is 0.342. The molecule has 2 N–H and O–H groups in total. The first-order valence-corrected chi connectivity index (χ1v) is 16.9. The van der Waals surface area contributed by atoms with E-state index in [0.29, 0.717) is 5.92 Å². The number of hydrogen-bond donors (Lipinski definition) is 2. The van der Waals surface area contributed by atoms with Gasteiger partial charge in [0.1, 0.15) is 0 Å². The van der Waals surface area contributed by atoms with Gasteiger partial charge in [-0.3, -0.25) is 0 Å². The van der Waals surface area contributed by atoms with Crippen molar-refractivity contribution in [3.8, 4) is 22.3 Å². The van der Waals surface area contributed by atoms with Crippen molar-refractivity contribution in [2.24, 2.45) is 0 Å². The van der Waals surface area contributed by atoms with E-state index in [1.807, 2.05) is 0 Å². The number of nitrogens with zero attached hydrogens (tertiary/aromatic N) is 2. The molecule has 3 aromatic heterocycles. The Kier molecular flexibility index (Phi) is 8.52. The van der Waals surface area contributed by atoms with Gasteiger partial charge in [0, 0.05) is 44.3 Å². The fraction of sp³-hybridized carbons (Fsp3) is 0.238. The zero-order valence-corrected chi connectivity index (χ0v) is 27.1. The van der Waals surface area contributed by atoms with Crippen molar-refractivity contribution in [3.63, 3.8) is 0 Å². The standard InChI is InChI=1S/C42H42N4/c1-4-6-7-14-19-31-32-20-22-36(43-32)41(29-15-10-8-11-16-29)38-26-24-34(45-38)40(28(3)5-2)35-25-27-39(46-35)42(30-17-12-9-13-18-30)37-23-21-33(31)44-37/h8-13,15-18,20-28,45-46H,4-7,14,19H2,1-3H3. The smallest absolute Gasteiger partial charge is 0.0737 e. The molecule has 1 unspecified atom stereocenters. The van der Waals surface area contributed by atoms with Crippen LogP contribution >= 0.6 is 0 Å². The normalized spacial score (nSPS) is 12.9. The molecule has 2 aromatic carbocycles. The van der Waals surface area contributed by atoms with Crippen molar-refractivity contribution in [2.75, 3.05) is 0 Å². The fourth-order valence-electron chi connectivity index (χ4n) is 6.82. The minimum atomic E-state index is 0.342. The fourth-order valence-corrected chi connectivity index (χ4v) is 6.82. The number of H-pyrrole nitrogens is 2. The number of hydrogen-bond acceptors (Lipinski definition) is 2. The van der Waals surface area contributed by atoms with Crippen molar-refractivity contribution < 1.29 is 0 Å². The number of unbranched alkanes of at least 4 members (excludes halogenated alkanes) is 3. The zero-order chi connectivity index (χ0) is 31.5. The molecule has 2 aliphatic heterocycles. The van der Waals surface area contributed by atoms with Gasteiger partial charge in [0.2, 0.25) is 0 Å². The van der Waals surface area contributed by atoms with E-state index < -0.39 is 0 Å². The molecule has 46 heavy (non-hydrogen) atoms. The Bertz CT molecular complexity index is 1940. The molecule has 7 rings (SSSR count). The monoisotopic (exact) mass is 602 g/mol. The highest BCUT2D eigenvalue weighted by molar-refractivity contribution is 5.94. The molecule has 0 saturated heterocycles. The summed E-state index contributed by atoms with van der Waals surface area (Å²) in [6.45, 7) is 6.83. The Morgan fingerprint density at radius 3 is 1.50 bits per heavy atom. The number of fused-ring (bicyclic) bond motifs is 8. The van der Waals surface area contributed by atoms with Gasteiger partial charge in [0.05, 0.1) is 22.8 Å². The van der Waals surface area contributed by atoms with Crippen molar-refractivity contribution in [2.45, 2.75) is 65.2 Å². The zero-order valence-electron chi connectivity index (χ0n) is 27.1. The molecule has 0 amide bonds. The lowest BCUT2D eigenvalue weighted by Crippen LogP contribution is -1.96. The van der Waals surface area contributed by atoms with Crippen LogP contribution in [0.5, 0.6) is 0 Å². The van der Waals surface area contributed by atoms with Gasteiger partial charge in [-0.15, -0.1) is 0 Å². The Labute approximate surface area is 272 Å². The van der Waals surface area contributed by atoms with E-state index in [1.54, 1.807) is 0 Å². The molecule has 8 bridgehead atoms. The first-order chi connectivity index (χ1) is 22.6. The van der Waals surface area contributed by atoms with E-state index in [9.17, 15) is 0 Å². The topological polar surface area (TPSA) is 57.4 Å². The lowest BCUT2D eigenvalue weighted by Gasteiger charge is -2.10. The van der Waals surface area contributed by atoms with Gasteiger partial charge >= 0.3 is 0 Å². The van der Waals surface area contributed by atoms with Crippen LogP contribution in [-0.2, 0) is 6.42 Å². The summed E-state index contributed by atoms with van der Waals surface area (Å²) in [6, 6.07) is 30.2. The van der Waals surface area contributed by atoms with Crippen LogP contribution < -0.4 is 0 Å². The summed E-state index contributed by atoms with van der Waals surface area (Å²) in [5, 5.41) is 0. The van der Waals surface area contributed by atoms with E-state index in [0.717, 1.165) is 86.4 Å². The van der Waals surface area contributed by atoms with Crippen molar-refractivity contribution >= 4 is 46.4 Å². The summed E-state index contributed by atoms with van der Waals surface area (Å²) in [4.78, 5) is 18.4. The Morgan fingerprint density at radius 1 is 0.543 bits per heavy atom. The molecular formula is C42H42N4. The van der Waals surface area contributed by atoms with Crippen LogP contribution in [0.1, 0.15) is 92.7 Å². The average molecular weight is 603 g/mol. The number of nitrogens with one attached hydrogen (secondary N) is 2. The third-order valence-electron chi connectivity index (χ3n) is 9.41. The molecule has 0 fully saturated rings. The van der Waals surface area contributed by atoms with Crippen LogP contribution in [0.4, 0.5) is 0 Å².